The lowest BCUT2D eigenvalue weighted by molar-refractivity contribution is -0.137. The second kappa shape index (κ2) is 11.9. The quantitative estimate of drug-likeness (QED) is 0.542. The zero-order valence-corrected chi connectivity index (χ0v) is 16.9. The molecule has 0 saturated carbocycles. The van der Waals surface area contributed by atoms with Crippen LogP contribution in [0.2, 0.25) is 0 Å². The number of aromatic nitrogens is 1. The molecule has 1 aliphatic rings. The summed E-state index contributed by atoms with van der Waals surface area (Å²) in [6, 6.07) is 14.8. The van der Waals surface area contributed by atoms with Crippen LogP contribution in [0.3, 0.4) is 0 Å². The van der Waals surface area contributed by atoms with Gasteiger partial charge in [-0.05, 0) is 57.5 Å². The highest BCUT2D eigenvalue weighted by molar-refractivity contribution is 5.81. The maximum Gasteiger partial charge on any atom is 0.330 e. The molecule has 3 rings (SSSR count). The third kappa shape index (κ3) is 7.12. The molecule has 28 heavy (non-hydrogen) atoms. The van der Waals surface area contributed by atoms with Gasteiger partial charge in [0.05, 0.1) is 12.3 Å². The molecule has 0 radical (unpaired) electrons. The fraction of sp³-hybridized carbons (Fsp3) is 0.333. The lowest BCUT2D eigenvalue weighted by atomic mass is 10.0. The van der Waals surface area contributed by atoms with Crippen LogP contribution in [-0.4, -0.2) is 42.1 Å². The van der Waals surface area contributed by atoms with Gasteiger partial charge in [0.2, 0.25) is 0 Å². The molecular formula is C24H30N2O2. The second-order valence-electron chi connectivity index (χ2n) is 6.66. The van der Waals surface area contributed by atoms with E-state index in [9.17, 15) is 4.79 Å². The van der Waals surface area contributed by atoms with Crippen molar-refractivity contribution in [2.75, 3.05) is 26.2 Å². The van der Waals surface area contributed by atoms with Crippen LogP contribution >= 0.6 is 0 Å². The van der Waals surface area contributed by atoms with Gasteiger partial charge in [-0.2, -0.15) is 0 Å². The van der Waals surface area contributed by atoms with Gasteiger partial charge in [0.15, 0.2) is 0 Å². The SMILES string of the molecule is C=CC(=O)OCC.Cc1ccc(/C(=C\CN2CCCC2)c2ccccn2)cc1. The summed E-state index contributed by atoms with van der Waals surface area (Å²) < 4.78 is 4.43. The van der Waals surface area contributed by atoms with Gasteiger partial charge in [-0.3, -0.25) is 9.88 Å². The lowest BCUT2D eigenvalue weighted by Crippen LogP contribution is -2.19. The maximum absolute atomic E-state index is 10.1. The third-order valence-corrected chi connectivity index (χ3v) is 4.51. The number of nitrogens with zero attached hydrogens (tertiary/aromatic N) is 2. The maximum atomic E-state index is 10.1. The van der Waals surface area contributed by atoms with E-state index in [2.05, 4.69) is 70.6 Å². The Labute approximate surface area is 168 Å². The van der Waals surface area contributed by atoms with E-state index in [0.29, 0.717) is 6.61 Å². The Hall–Kier alpha value is -2.72. The van der Waals surface area contributed by atoms with Gasteiger partial charge in [-0.15, -0.1) is 0 Å². The van der Waals surface area contributed by atoms with Gasteiger partial charge >= 0.3 is 5.97 Å². The normalized spacial score (nSPS) is 14.1. The van der Waals surface area contributed by atoms with Crippen LogP contribution in [-0.2, 0) is 9.53 Å². The van der Waals surface area contributed by atoms with Crippen molar-refractivity contribution >= 4 is 11.5 Å². The van der Waals surface area contributed by atoms with Crippen molar-refractivity contribution in [3.05, 3.63) is 84.2 Å². The van der Waals surface area contributed by atoms with E-state index in [1.54, 1.807) is 6.92 Å². The molecule has 0 bridgehead atoms. The first-order chi connectivity index (χ1) is 13.6. The Morgan fingerprint density at radius 3 is 2.43 bits per heavy atom. The Morgan fingerprint density at radius 2 is 1.89 bits per heavy atom. The highest BCUT2D eigenvalue weighted by atomic mass is 16.5. The Balaban J connectivity index is 0.000000345. The largest absolute Gasteiger partial charge is 0.463 e. The fourth-order valence-electron chi connectivity index (χ4n) is 3.01. The van der Waals surface area contributed by atoms with E-state index < -0.39 is 0 Å². The van der Waals surface area contributed by atoms with Crippen molar-refractivity contribution in [1.29, 1.82) is 0 Å². The third-order valence-electron chi connectivity index (χ3n) is 4.51. The number of carbonyl (C=O) groups is 1. The summed E-state index contributed by atoms with van der Waals surface area (Å²) in [4.78, 5) is 17.1. The predicted octanol–water partition coefficient (Wildman–Crippen LogP) is 4.65. The molecule has 1 aromatic carbocycles. The number of ether oxygens (including phenoxy) is 1. The van der Waals surface area contributed by atoms with E-state index in [0.717, 1.165) is 18.3 Å². The Bertz CT molecular complexity index is 761. The molecular weight excluding hydrogens is 348 g/mol. The second-order valence-corrected chi connectivity index (χ2v) is 6.66. The molecule has 1 aliphatic heterocycles. The minimum Gasteiger partial charge on any atom is -0.463 e. The van der Waals surface area contributed by atoms with Crippen molar-refractivity contribution in [1.82, 2.24) is 9.88 Å². The Kier molecular flexibility index (Phi) is 9.16. The van der Waals surface area contributed by atoms with E-state index in [1.807, 2.05) is 12.3 Å². The number of hydrogen-bond acceptors (Lipinski definition) is 4. The van der Waals surface area contributed by atoms with Crippen LogP contribution in [0.25, 0.3) is 5.57 Å². The molecule has 1 aromatic heterocycles. The number of esters is 1. The van der Waals surface area contributed by atoms with Crippen molar-refractivity contribution < 1.29 is 9.53 Å². The highest BCUT2D eigenvalue weighted by Crippen LogP contribution is 2.22. The first-order valence-electron chi connectivity index (χ1n) is 9.84. The van der Waals surface area contributed by atoms with Crippen LogP contribution in [0.15, 0.2) is 67.4 Å². The summed E-state index contributed by atoms with van der Waals surface area (Å²) in [5.41, 5.74) is 4.83. The highest BCUT2D eigenvalue weighted by Gasteiger charge is 2.11. The summed E-state index contributed by atoms with van der Waals surface area (Å²) in [6.45, 7) is 11.0. The van der Waals surface area contributed by atoms with Crippen molar-refractivity contribution in [2.24, 2.45) is 0 Å². The molecule has 2 aromatic rings. The molecule has 0 N–H and O–H groups in total. The standard InChI is InChI=1S/C19H22N2.C5H8O2/c1-16-7-9-17(10-8-16)18(19-6-2-3-12-20-19)11-15-21-13-4-5-14-21;1-3-5(6)7-4-2/h2-3,6-12H,4-5,13-15H2,1H3;3H,1,4H2,2H3/b18-11+;. The number of rotatable bonds is 6. The molecule has 2 heterocycles. The first-order valence-corrected chi connectivity index (χ1v) is 9.84. The van der Waals surface area contributed by atoms with E-state index in [4.69, 9.17) is 0 Å². The smallest absolute Gasteiger partial charge is 0.330 e. The van der Waals surface area contributed by atoms with Crippen molar-refractivity contribution in [3.63, 3.8) is 0 Å². The lowest BCUT2D eigenvalue weighted by Gasteiger charge is -2.14. The van der Waals surface area contributed by atoms with Gasteiger partial charge in [-0.1, -0.05) is 48.6 Å². The molecule has 0 amide bonds. The summed E-state index contributed by atoms with van der Waals surface area (Å²) >= 11 is 0. The van der Waals surface area contributed by atoms with Crippen molar-refractivity contribution in [3.8, 4) is 0 Å². The van der Waals surface area contributed by atoms with E-state index >= 15 is 0 Å². The Morgan fingerprint density at radius 1 is 1.18 bits per heavy atom. The zero-order chi connectivity index (χ0) is 20.2. The number of hydrogen-bond donors (Lipinski definition) is 0. The predicted molar refractivity (Wildman–Crippen MR) is 115 cm³/mol. The zero-order valence-electron chi connectivity index (χ0n) is 16.9. The van der Waals surface area contributed by atoms with Crippen LogP contribution in [0.1, 0.15) is 36.6 Å². The summed E-state index contributed by atoms with van der Waals surface area (Å²) in [6.07, 6.45) is 8.00. The van der Waals surface area contributed by atoms with Crippen LogP contribution in [0.5, 0.6) is 0 Å². The van der Waals surface area contributed by atoms with Gasteiger partial charge in [-0.25, -0.2) is 4.79 Å². The number of benzene rings is 1. The first kappa shape index (κ1) is 21.6. The summed E-state index contributed by atoms with van der Waals surface area (Å²) in [7, 11) is 0. The molecule has 0 aliphatic carbocycles. The van der Waals surface area contributed by atoms with E-state index in [-0.39, 0.29) is 5.97 Å². The van der Waals surface area contributed by atoms with E-state index in [1.165, 1.54) is 42.6 Å². The average molecular weight is 379 g/mol. The van der Waals surface area contributed by atoms with Gasteiger partial charge in [0.1, 0.15) is 0 Å². The van der Waals surface area contributed by atoms with Crippen molar-refractivity contribution in [2.45, 2.75) is 26.7 Å². The summed E-state index contributed by atoms with van der Waals surface area (Å²) in [5, 5.41) is 0. The number of carbonyl (C=O) groups excluding carboxylic acids is 1. The minimum atomic E-state index is -0.359. The molecule has 4 nitrogen and oxygen atoms in total. The van der Waals surface area contributed by atoms with Crippen LogP contribution in [0.4, 0.5) is 0 Å². The molecule has 0 spiro atoms. The fourth-order valence-corrected chi connectivity index (χ4v) is 3.01. The molecule has 148 valence electrons. The minimum absolute atomic E-state index is 0.359. The molecule has 0 unspecified atom stereocenters. The monoisotopic (exact) mass is 378 g/mol. The number of likely N-dealkylation sites (tertiary alicyclic amines) is 1. The number of pyridine rings is 1. The average Bonchev–Trinajstić information content (AvgIpc) is 3.24. The van der Waals surface area contributed by atoms with Crippen LogP contribution < -0.4 is 0 Å². The topological polar surface area (TPSA) is 42.4 Å². The van der Waals surface area contributed by atoms with Crippen LogP contribution in [0, 0.1) is 6.92 Å². The molecule has 4 heteroatoms. The molecule has 1 saturated heterocycles. The molecule has 0 atom stereocenters. The number of aryl methyl sites for hydroxylation is 1. The summed E-state index contributed by atoms with van der Waals surface area (Å²) in [5.74, 6) is -0.359. The molecule has 1 fully saturated rings. The van der Waals surface area contributed by atoms with Gasteiger partial charge in [0.25, 0.3) is 0 Å². The van der Waals surface area contributed by atoms with Gasteiger partial charge < -0.3 is 4.74 Å². The van der Waals surface area contributed by atoms with Gasteiger partial charge in [0, 0.05) is 24.4 Å².